The molecule has 0 aromatic rings. The van der Waals surface area contributed by atoms with E-state index in [9.17, 15) is 9.59 Å². The molecule has 0 rings (SSSR count). The summed E-state index contributed by atoms with van der Waals surface area (Å²) in [6, 6.07) is 0. The molecule has 2 atom stereocenters. The van der Waals surface area contributed by atoms with E-state index < -0.39 is 0 Å². The van der Waals surface area contributed by atoms with Crippen LogP contribution in [0.25, 0.3) is 0 Å². The van der Waals surface area contributed by atoms with Crippen molar-refractivity contribution in [3.63, 3.8) is 0 Å². The lowest BCUT2D eigenvalue weighted by atomic mass is 10.8. The Morgan fingerprint density at radius 2 is 1.36 bits per heavy atom. The molecule has 0 amide bonds. The molecule has 14 heavy (non-hydrogen) atoms. The van der Waals surface area contributed by atoms with Gasteiger partial charge in [-0.2, -0.15) is 9.98 Å². The van der Waals surface area contributed by atoms with E-state index in [0.29, 0.717) is 0 Å². The summed E-state index contributed by atoms with van der Waals surface area (Å²) in [5, 5.41) is -0.0871. The fourth-order valence-corrected chi connectivity index (χ4v) is 2.35. The van der Waals surface area contributed by atoms with E-state index in [-0.39, 0.29) is 10.7 Å². The van der Waals surface area contributed by atoms with Crippen molar-refractivity contribution >= 4 is 35.7 Å². The molecule has 0 spiro atoms. The maximum absolute atomic E-state index is 9.87. The van der Waals surface area contributed by atoms with Gasteiger partial charge in [-0.15, -0.1) is 23.5 Å². The number of aliphatic imine (C=N–C) groups is 2. The van der Waals surface area contributed by atoms with Crippen molar-refractivity contribution in [2.45, 2.75) is 24.6 Å². The third-order valence-electron chi connectivity index (χ3n) is 1.27. The summed E-state index contributed by atoms with van der Waals surface area (Å²) in [6.45, 7) is 3.68. The topological polar surface area (TPSA) is 58.9 Å². The van der Waals surface area contributed by atoms with Crippen LogP contribution < -0.4 is 0 Å². The second kappa shape index (κ2) is 9.03. The molecule has 0 N–H and O–H groups in total. The minimum Gasteiger partial charge on any atom is -0.211 e. The number of carbonyl (C=O) groups excluding carboxylic acids is 2. The van der Waals surface area contributed by atoms with E-state index in [2.05, 4.69) is 9.98 Å². The number of isocyanates is 2. The highest BCUT2D eigenvalue weighted by atomic mass is 32.2. The summed E-state index contributed by atoms with van der Waals surface area (Å²) < 4.78 is 0. The first-order chi connectivity index (χ1) is 6.70. The van der Waals surface area contributed by atoms with Crippen molar-refractivity contribution < 1.29 is 9.59 Å². The van der Waals surface area contributed by atoms with Crippen molar-refractivity contribution in [3.8, 4) is 0 Å². The first-order valence-corrected chi connectivity index (χ1v) is 6.17. The van der Waals surface area contributed by atoms with Gasteiger partial charge in [-0.25, -0.2) is 9.59 Å². The summed E-state index contributed by atoms with van der Waals surface area (Å²) in [4.78, 5) is 26.8. The Morgan fingerprint density at radius 1 is 1.00 bits per heavy atom. The molecule has 0 saturated heterocycles. The molecule has 6 heteroatoms. The molecule has 0 aromatic heterocycles. The van der Waals surface area contributed by atoms with Gasteiger partial charge in [0.25, 0.3) is 0 Å². The van der Waals surface area contributed by atoms with Gasteiger partial charge in [0.1, 0.15) is 10.7 Å². The SMILES string of the molecule is CC(N=C=O)SCCSC(C)N=C=O. The Bertz CT molecular complexity index is 222. The van der Waals surface area contributed by atoms with E-state index in [1.807, 2.05) is 13.8 Å². The zero-order valence-corrected chi connectivity index (χ0v) is 9.73. The van der Waals surface area contributed by atoms with Crippen LogP contribution in [0.3, 0.4) is 0 Å². The first kappa shape index (κ1) is 13.5. The van der Waals surface area contributed by atoms with Gasteiger partial charge in [0, 0.05) is 11.5 Å². The quantitative estimate of drug-likeness (QED) is 0.381. The average Bonchev–Trinajstić information content (AvgIpc) is 2.13. The smallest absolute Gasteiger partial charge is 0.211 e. The second-order valence-electron chi connectivity index (χ2n) is 2.38. The molecule has 0 saturated carbocycles. The Labute approximate surface area is 91.7 Å². The molecule has 0 bridgehead atoms. The van der Waals surface area contributed by atoms with Crippen LogP contribution in [0, 0.1) is 0 Å². The summed E-state index contributed by atoms with van der Waals surface area (Å²) >= 11 is 3.14. The molecule has 2 unspecified atom stereocenters. The van der Waals surface area contributed by atoms with E-state index in [0.717, 1.165) is 11.5 Å². The number of rotatable bonds is 7. The van der Waals surface area contributed by atoms with Crippen LogP contribution in [-0.4, -0.2) is 34.4 Å². The number of thioether (sulfide) groups is 2. The largest absolute Gasteiger partial charge is 0.236 e. The molecular weight excluding hydrogens is 220 g/mol. The molecule has 0 aliphatic heterocycles. The Balaban J connectivity index is 3.46. The minimum atomic E-state index is -0.0435. The summed E-state index contributed by atoms with van der Waals surface area (Å²) in [5.74, 6) is 1.74. The van der Waals surface area contributed by atoms with Gasteiger partial charge < -0.3 is 0 Å². The van der Waals surface area contributed by atoms with Crippen LogP contribution in [0.1, 0.15) is 13.8 Å². The van der Waals surface area contributed by atoms with Gasteiger partial charge in [-0.1, -0.05) is 0 Å². The van der Waals surface area contributed by atoms with E-state index in [1.54, 1.807) is 23.5 Å². The standard InChI is InChI=1S/C8H12N2O2S2/c1-7(9-5-11)13-3-4-14-8(2)10-6-12/h7-8H,3-4H2,1-2H3. The average molecular weight is 232 g/mol. The Morgan fingerprint density at radius 3 is 1.64 bits per heavy atom. The molecule has 0 fully saturated rings. The maximum Gasteiger partial charge on any atom is 0.236 e. The van der Waals surface area contributed by atoms with Gasteiger partial charge >= 0.3 is 0 Å². The van der Waals surface area contributed by atoms with Gasteiger partial charge in [0.15, 0.2) is 0 Å². The van der Waals surface area contributed by atoms with Crippen LogP contribution in [0.4, 0.5) is 0 Å². The third-order valence-corrected chi connectivity index (χ3v) is 3.58. The first-order valence-electron chi connectivity index (χ1n) is 4.08. The van der Waals surface area contributed by atoms with Crippen molar-refractivity contribution in [1.29, 1.82) is 0 Å². The van der Waals surface area contributed by atoms with Gasteiger partial charge in [-0.05, 0) is 13.8 Å². The highest BCUT2D eigenvalue weighted by Gasteiger charge is 2.01. The normalized spacial score (nSPS) is 13.6. The zero-order chi connectivity index (χ0) is 10.8. The van der Waals surface area contributed by atoms with Crippen LogP contribution in [0.2, 0.25) is 0 Å². The predicted molar refractivity (Wildman–Crippen MR) is 60.1 cm³/mol. The summed E-state index contributed by atoms with van der Waals surface area (Å²) in [5.41, 5.74) is 0. The van der Waals surface area contributed by atoms with E-state index in [1.165, 1.54) is 12.2 Å². The molecule has 4 nitrogen and oxygen atoms in total. The molecule has 0 aliphatic rings. The lowest BCUT2D eigenvalue weighted by molar-refractivity contribution is 0.562. The lowest BCUT2D eigenvalue weighted by Crippen LogP contribution is -1.98. The fourth-order valence-electron chi connectivity index (χ4n) is 0.660. The monoisotopic (exact) mass is 232 g/mol. The number of hydrogen-bond acceptors (Lipinski definition) is 6. The van der Waals surface area contributed by atoms with Crippen molar-refractivity contribution in [3.05, 3.63) is 0 Å². The minimum absolute atomic E-state index is 0.0435. The molecular formula is C8H12N2O2S2. The van der Waals surface area contributed by atoms with Gasteiger partial charge in [0.2, 0.25) is 12.2 Å². The van der Waals surface area contributed by atoms with E-state index in [4.69, 9.17) is 0 Å². The van der Waals surface area contributed by atoms with Crippen molar-refractivity contribution in [2.75, 3.05) is 11.5 Å². The zero-order valence-electron chi connectivity index (χ0n) is 8.10. The Hall–Kier alpha value is -0.540. The van der Waals surface area contributed by atoms with Crippen molar-refractivity contribution in [2.24, 2.45) is 9.98 Å². The van der Waals surface area contributed by atoms with Gasteiger partial charge in [-0.3, -0.25) is 0 Å². The van der Waals surface area contributed by atoms with Crippen LogP contribution in [0.15, 0.2) is 9.98 Å². The molecule has 0 aliphatic carbocycles. The fraction of sp³-hybridized carbons (Fsp3) is 0.750. The molecule has 0 aromatic carbocycles. The third kappa shape index (κ3) is 8.08. The maximum atomic E-state index is 9.87. The van der Waals surface area contributed by atoms with Gasteiger partial charge in [0.05, 0.1) is 0 Å². The van der Waals surface area contributed by atoms with Crippen LogP contribution in [0.5, 0.6) is 0 Å². The molecule has 0 heterocycles. The predicted octanol–water partition coefficient (Wildman–Crippen LogP) is 1.82. The van der Waals surface area contributed by atoms with Crippen LogP contribution >= 0.6 is 23.5 Å². The van der Waals surface area contributed by atoms with Crippen molar-refractivity contribution in [1.82, 2.24) is 0 Å². The number of hydrogen-bond donors (Lipinski definition) is 0. The van der Waals surface area contributed by atoms with E-state index >= 15 is 0 Å². The highest BCUT2D eigenvalue weighted by molar-refractivity contribution is 8.03. The summed E-state index contributed by atoms with van der Waals surface area (Å²) in [6.07, 6.45) is 3.03. The summed E-state index contributed by atoms with van der Waals surface area (Å²) in [7, 11) is 0. The molecule has 78 valence electrons. The Kier molecular flexibility index (Phi) is 8.68. The molecule has 0 radical (unpaired) electrons. The lowest BCUT2D eigenvalue weighted by Gasteiger charge is -2.05. The highest BCUT2D eigenvalue weighted by Crippen LogP contribution is 2.16. The second-order valence-corrected chi connectivity index (χ2v) is 5.23. The number of nitrogens with zero attached hydrogens (tertiary/aromatic N) is 2. The van der Waals surface area contributed by atoms with Crippen LogP contribution in [-0.2, 0) is 9.59 Å².